The second-order valence-corrected chi connectivity index (χ2v) is 14.6. The second-order valence-electron chi connectivity index (χ2n) is 14.6. The molecule has 0 radical (unpaired) electrons. The summed E-state index contributed by atoms with van der Waals surface area (Å²) < 4.78 is 0. The van der Waals surface area contributed by atoms with Crippen molar-refractivity contribution < 1.29 is 0 Å². The smallest absolute Gasteiger partial charge is 0.0647 e. The lowest BCUT2D eigenvalue weighted by molar-refractivity contribution is 0.977. The summed E-state index contributed by atoms with van der Waals surface area (Å²) in [5.41, 5.74) is 18.2. The SMILES string of the molecule is Nc1ccccc1N(Cc1ccc(-c2ccc3c(-c4ccc5ccccc5c4)c4c(c(-c5ccc6ccccc6c5)c3c2)=CCCC=4)cc1)c1ccccc1. The van der Waals surface area contributed by atoms with E-state index in [0.29, 0.717) is 6.54 Å². The highest BCUT2D eigenvalue weighted by molar-refractivity contribution is 6.09. The first-order valence-electron chi connectivity index (χ1n) is 19.2. The lowest BCUT2D eigenvalue weighted by atomic mass is 9.84. The predicted molar refractivity (Wildman–Crippen MR) is 236 cm³/mol. The van der Waals surface area contributed by atoms with Crippen LogP contribution >= 0.6 is 0 Å². The van der Waals surface area contributed by atoms with E-state index in [1.165, 1.54) is 81.7 Å². The van der Waals surface area contributed by atoms with Gasteiger partial charge in [0, 0.05) is 12.2 Å². The lowest BCUT2D eigenvalue weighted by Gasteiger charge is -2.26. The van der Waals surface area contributed by atoms with Crippen LogP contribution in [0.5, 0.6) is 0 Å². The first kappa shape index (κ1) is 32.7. The predicted octanol–water partition coefficient (Wildman–Crippen LogP) is 12.4. The van der Waals surface area contributed by atoms with Gasteiger partial charge >= 0.3 is 0 Å². The molecule has 9 aromatic carbocycles. The molecular formula is C53H40N2. The number of nitrogens with zero attached hydrogens (tertiary/aromatic N) is 1. The Balaban J connectivity index is 1.14. The van der Waals surface area contributed by atoms with Gasteiger partial charge in [-0.15, -0.1) is 0 Å². The zero-order valence-corrected chi connectivity index (χ0v) is 30.6. The normalized spacial score (nSPS) is 12.3. The molecule has 0 atom stereocenters. The summed E-state index contributed by atoms with van der Waals surface area (Å²) in [7, 11) is 0. The van der Waals surface area contributed by atoms with Crippen LogP contribution in [0.4, 0.5) is 17.1 Å². The summed E-state index contributed by atoms with van der Waals surface area (Å²) in [5.74, 6) is 0. The van der Waals surface area contributed by atoms with Gasteiger partial charge in [-0.25, -0.2) is 0 Å². The number of hydrogen-bond donors (Lipinski definition) is 1. The molecule has 0 saturated heterocycles. The zero-order chi connectivity index (χ0) is 36.7. The molecule has 2 N–H and O–H groups in total. The molecule has 0 aliphatic heterocycles. The van der Waals surface area contributed by atoms with Crippen LogP contribution in [0.2, 0.25) is 0 Å². The maximum atomic E-state index is 6.51. The average Bonchev–Trinajstić information content (AvgIpc) is 3.25. The minimum atomic E-state index is 0.704. The van der Waals surface area contributed by atoms with Gasteiger partial charge in [0.25, 0.3) is 0 Å². The second kappa shape index (κ2) is 13.8. The molecule has 0 aromatic heterocycles. The molecule has 0 amide bonds. The summed E-state index contributed by atoms with van der Waals surface area (Å²) >= 11 is 0. The first-order chi connectivity index (χ1) is 27.2. The third-order valence-corrected chi connectivity index (χ3v) is 11.3. The number of para-hydroxylation sites is 3. The molecule has 0 saturated carbocycles. The highest BCUT2D eigenvalue weighted by Gasteiger charge is 2.18. The van der Waals surface area contributed by atoms with Crippen LogP contribution in [-0.4, -0.2) is 0 Å². The lowest BCUT2D eigenvalue weighted by Crippen LogP contribution is -2.31. The standard InChI is InChI=1S/C53H40N2/c54-50-20-10-11-21-51(50)55(45-16-2-1-3-17-45)35-36-22-24-39(25-23-36)42-30-31-48-49(34-42)53(44-29-27-38-13-5-7-15-41(38)33-44)47-19-9-8-18-46(47)52(48)43-28-26-37-12-4-6-14-40(37)32-43/h1-7,10-34H,8-9,35,54H2. The summed E-state index contributed by atoms with van der Waals surface area (Å²) in [5, 5.41) is 10.3. The van der Waals surface area contributed by atoms with Crippen LogP contribution < -0.4 is 21.1 Å². The minimum Gasteiger partial charge on any atom is -0.397 e. The quantitative estimate of drug-likeness (QED) is 0.167. The number of fused-ring (bicyclic) bond motifs is 4. The van der Waals surface area contributed by atoms with E-state index in [0.717, 1.165) is 29.9 Å². The molecule has 55 heavy (non-hydrogen) atoms. The number of rotatable bonds is 7. The fraction of sp³-hybridized carbons (Fsp3) is 0.0566. The highest BCUT2D eigenvalue weighted by Crippen LogP contribution is 2.37. The van der Waals surface area contributed by atoms with Gasteiger partial charge in [-0.05, 0) is 137 Å². The van der Waals surface area contributed by atoms with Crippen molar-refractivity contribution in [2.24, 2.45) is 0 Å². The van der Waals surface area contributed by atoms with E-state index in [4.69, 9.17) is 5.73 Å². The van der Waals surface area contributed by atoms with Crippen molar-refractivity contribution in [1.29, 1.82) is 0 Å². The molecule has 10 rings (SSSR count). The Labute approximate surface area is 321 Å². The van der Waals surface area contributed by atoms with Gasteiger partial charge in [-0.2, -0.15) is 0 Å². The summed E-state index contributed by atoms with van der Waals surface area (Å²) in [4.78, 5) is 2.29. The van der Waals surface area contributed by atoms with Crippen molar-refractivity contribution in [3.8, 4) is 33.4 Å². The molecule has 9 aromatic rings. The summed E-state index contributed by atoms with van der Waals surface area (Å²) in [6, 6.07) is 66.0. The fourth-order valence-electron chi connectivity index (χ4n) is 8.54. The van der Waals surface area contributed by atoms with E-state index in [-0.39, 0.29) is 0 Å². The maximum Gasteiger partial charge on any atom is 0.0647 e. The zero-order valence-electron chi connectivity index (χ0n) is 30.6. The molecule has 0 spiro atoms. The van der Waals surface area contributed by atoms with Crippen LogP contribution in [0.15, 0.2) is 182 Å². The number of anilines is 3. The first-order valence-corrected chi connectivity index (χ1v) is 19.2. The molecule has 0 fully saturated rings. The molecule has 262 valence electrons. The summed E-state index contributed by atoms with van der Waals surface area (Å²) in [6.45, 7) is 0.704. The Morgan fingerprint density at radius 1 is 0.418 bits per heavy atom. The number of benzene rings is 9. The molecule has 1 aliphatic rings. The van der Waals surface area contributed by atoms with Crippen molar-refractivity contribution in [2.75, 3.05) is 10.6 Å². The molecule has 0 bridgehead atoms. The Hall–Kier alpha value is -6.90. The minimum absolute atomic E-state index is 0.704. The summed E-state index contributed by atoms with van der Waals surface area (Å²) in [6.07, 6.45) is 7.02. The Kier molecular flexibility index (Phi) is 8.22. The van der Waals surface area contributed by atoms with Gasteiger partial charge in [-0.1, -0.05) is 152 Å². The van der Waals surface area contributed by atoms with Crippen molar-refractivity contribution in [3.05, 3.63) is 198 Å². The Bertz CT molecular complexity index is 3020. The van der Waals surface area contributed by atoms with E-state index in [2.05, 4.69) is 187 Å². The van der Waals surface area contributed by atoms with Crippen LogP contribution in [0, 0.1) is 0 Å². The number of nitrogen functional groups attached to an aromatic ring is 1. The van der Waals surface area contributed by atoms with Crippen LogP contribution in [0.25, 0.3) is 77.9 Å². The van der Waals surface area contributed by atoms with Crippen molar-refractivity contribution in [3.63, 3.8) is 0 Å². The van der Waals surface area contributed by atoms with Crippen LogP contribution in [0.1, 0.15) is 18.4 Å². The molecule has 0 heterocycles. The van der Waals surface area contributed by atoms with E-state index >= 15 is 0 Å². The Morgan fingerprint density at radius 3 is 1.58 bits per heavy atom. The molecule has 0 unspecified atom stereocenters. The molecule has 1 aliphatic carbocycles. The van der Waals surface area contributed by atoms with Crippen molar-refractivity contribution in [1.82, 2.24) is 0 Å². The van der Waals surface area contributed by atoms with Gasteiger partial charge in [0.2, 0.25) is 0 Å². The van der Waals surface area contributed by atoms with E-state index < -0.39 is 0 Å². The third kappa shape index (κ3) is 6.02. The molecule has 2 heteroatoms. The fourth-order valence-corrected chi connectivity index (χ4v) is 8.54. The van der Waals surface area contributed by atoms with Gasteiger partial charge < -0.3 is 10.6 Å². The largest absolute Gasteiger partial charge is 0.397 e. The highest BCUT2D eigenvalue weighted by atomic mass is 15.1. The van der Waals surface area contributed by atoms with Crippen molar-refractivity contribution in [2.45, 2.75) is 19.4 Å². The van der Waals surface area contributed by atoms with Gasteiger partial charge in [0.05, 0.1) is 11.4 Å². The topological polar surface area (TPSA) is 29.3 Å². The van der Waals surface area contributed by atoms with Gasteiger partial charge in [-0.3, -0.25) is 0 Å². The molecular weight excluding hydrogens is 665 g/mol. The maximum absolute atomic E-state index is 6.51. The van der Waals surface area contributed by atoms with E-state index in [1.54, 1.807) is 0 Å². The van der Waals surface area contributed by atoms with Crippen LogP contribution in [0.3, 0.4) is 0 Å². The van der Waals surface area contributed by atoms with Crippen LogP contribution in [-0.2, 0) is 6.54 Å². The number of hydrogen-bond acceptors (Lipinski definition) is 2. The van der Waals surface area contributed by atoms with E-state index in [1.807, 2.05) is 12.1 Å². The van der Waals surface area contributed by atoms with E-state index in [9.17, 15) is 0 Å². The average molecular weight is 705 g/mol. The van der Waals surface area contributed by atoms with Gasteiger partial charge in [0.15, 0.2) is 0 Å². The third-order valence-electron chi connectivity index (χ3n) is 11.3. The van der Waals surface area contributed by atoms with Crippen molar-refractivity contribution >= 4 is 61.5 Å². The number of nitrogens with two attached hydrogens (primary N) is 1. The van der Waals surface area contributed by atoms with Gasteiger partial charge in [0.1, 0.15) is 0 Å². The monoisotopic (exact) mass is 704 g/mol. The Morgan fingerprint density at radius 2 is 0.945 bits per heavy atom. The molecule has 2 nitrogen and oxygen atoms in total.